The zero-order chi connectivity index (χ0) is 23.2. The van der Waals surface area contributed by atoms with Crippen LogP contribution in [0.3, 0.4) is 0 Å². The SMILES string of the molecule is O=C(Nc1ccc2c(c1)OC(F)(F)O2)n1cc(-c2ccc(F)cc2)c(-c2ccccc2F)n1. The summed E-state index contributed by atoms with van der Waals surface area (Å²) in [7, 11) is 0. The summed E-state index contributed by atoms with van der Waals surface area (Å²) in [6.07, 6.45) is -2.42. The molecular formula is C23H13F4N3O3. The van der Waals surface area contributed by atoms with E-state index in [1.54, 1.807) is 6.07 Å². The number of fused-ring (bicyclic) bond motifs is 1. The fourth-order valence-corrected chi connectivity index (χ4v) is 3.38. The van der Waals surface area contributed by atoms with E-state index >= 15 is 0 Å². The standard InChI is InChI=1S/C23H13F4N3O3/c24-14-7-5-13(6-8-14)17-12-30(29-21(17)16-3-1-2-4-18(16)25)22(31)28-15-9-10-19-20(11-15)33-23(26,27)32-19/h1-12H,(H,28,31). The molecule has 0 bridgehead atoms. The van der Waals surface area contributed by atoms with Crippen molar-refractivity contribution in [2.45, 2.75) is 6.29 Å². The number of halogens is 4. The Bertz CT molecular complexity index is 1370. The zero-order valence-electron chi connectivity index (χ0n) is 16.6. The van der Waals surface area contributed by atoms with Crippen LogP contribution in [0.15, 0.2) is 72.9 Å². The van der Waals surface area contributed by atoms with E-state index in [9.17, 15) is 22.4 Å². The largest absolute Gasteiger partial charge is 0.586 e. The fourth-order valence-electron chi connectivity index (χ4n) is 3.38. The van der Waals surface area contributed by atoms with Gasteiger partial charge in [-0.15, -0.1) is 8.78 Å². The summed E-state index contributed by atoms with van der Waals surface area (Å²) < 4.78 is 64.0. The van der Waals surface area contributed by atoms with Crippen LogP contribution in [0.1, 0.15) is 0 Å². The van der Waals surface area contributed by atoms with E-state index in [4.69, 9.17) is 0 Å². The molecule has 3 aromatic carbocycles. The summed E-state index contributed by atoms with van der Waals surface area (Å²) in [5, 5.41) is 6.74. The Morgan fingerprint density at radius 3 is 2.39 bits per heavy atom. The summed E-state index contributed by atoms with van der Waals surface area (Å²) >= 11 is 0. The number of nitrogens with one attached hydrogen (secondary N) is 1. The number of carbonyl (C=O) groups is 1. The Labute approximate surface area is 184 Å². The smallest absolute Gasteiger partial charge is 0.395 e. The first-order valence-electron chi connectivity index (χ1n) is 9.61. The molecule has 0 radical (unpaired) electrons. The third-order valence-corrected chi connectivity index (χ3v) is 4.86. The van der Waals surface area contributed by atoms with Gasteiger partial charge in [-0.2, -0.15) is 9.78 Å². The van der Waals surface area contributed by atoms with Gasteiger partial charge in [0, 0.05) is 29.1 Å². The maximum atomic E-state index is 14.5. The zero-order valence-corrected chi connectivity index (χ0v) is 16.6. The van der Waals surface area contributed by atoms with Gasteiger partial charge in [0.05, 0.1) is 0 Å². The molecule has 0 aliphatic carbocycles. The van der Waals surface area contributed by atoms with Gasteiger partial charge in [-0.1, -0.05) is 24.3 Å². The highest BCUT2D eigenvalue weighted by Gasteiger charge is 2.43. The van der Waals surface area contributed by atoms with E-state index in [1.165, 1.54) is 66.9 Å². The van der Waals surface area contributed by atoms with Crippen LogP contribution in [-0.2, 0) is 0 Å². The first kappa shape index (κ1) is 20.6. The number of benzene rings is 3. The van der Waals surface area contributed by atoms with Crippen molar-refractivity contribution in [3.8, 4) is 33.9 Å². The number of anilines is 1. The van der Waals surface area contributed by atoms with E-state index in [-0.39, 0.29) is 28.4 Å². The molecule has 2 heterocycles. The van der Waals surface area contributed by atoms with Crippen molar-refractivity contribution in [2.24, 2.45) is 0 Å². The summed E-state index contributed by atoms with van der Waals surface area (Å²) in [6.45, 7) is 0. The van der Waals surface area contributed by atoms with Gasteiger partial charge in [-0.25, -0.2) is 13.6 Å². The molecule has 5 rings (SSSR count). The third-order valence-electron chi connectivity index (χ3n) is 4.86. The highest BCUT2D eigenvalue weighted by atomic mass is 19.3. The molecule has 0 unspecified atom stereocenters. The van der Waals surface area contributed by atoms with Crippen LogP contribution >= 0.6 is 0 Å². The quantitative estimate of drug-likeness (QED) is 0.391. The molecule has 0 fully saturated rings. The number of hydrogen-bond donors (Lipinski definition) is 1. The molecule has 1 aliphatic heterocycles. The highest BCUT2D eigenvalue weighted by Crippen LogP contribution is 2.42. The van der Waals surface area contributed by atoms with Gasteiger partial charge in [-0.3, -0.25) is 0 Å². The van der Waals surface area contributed by atoms with Gasteiger partial charge < -0.3 is 14.8 Å². The van der Waals surface area contributed by atoms with E-state index in [1.807, 2.05) is 0 Å². The minimum atomic E-state index is -3.79. The van der Waals surface area contributed by atoms with Gasteiger partial charge >= 0.3 is 12.3 Å². The molecule has 0 atom stereocenters. The number of alkyl halides is 2. The Morgan fingerprint density at radius 2 is 1.64 bits per heavy atom. The van der Waals surface area contributed by atoms with Crippen LogP contribution in [0.2, 0.25) is 0 Å². The third kappa shape index (κ3) is 3.98. The van der Waals surface area contributed by atoms with Crippen molar-refractivity contribution in [2.75, 3.05) is 5.32 Å². The first-order valence-corrected chi connectivity index (χ1v) is 9.61. The van der Waals surface area contributed by atoms with E-state index in [0.717, 1.165) is 4.68 Å². The molecule has 1 aromatic heterocycles. The minimum absolute atomic E-state index is 0.145. The Morgan fingerprint density at radius 1 is 0.909 bits per heavy atom. The van der Waals surface area contributed by atoms with Gasteiger partial charge in [0.15, 0.2) is 11.5 Å². The molecule has 0 saturated carbocycles. The second-order valence-electron chi connectivity index (χ2n) is 7.08. The van der Waals surface area contributed by atoms with E-state index in [0.29, 0.717) is 11.1 Å². The van der Waals surface area contributed by atoms with Crippen LogP contribution in [0.25, 0.3) is 22.4 Å². The number of rotatable bonds is 3. The van der Waals surface area contributed by atoms with Gasteiger partial charge in [0.1, 0.15) is 17.3 Å². The molecule has 0 spiro atoms. The topological polar surface area (TPSA) is 65.4 Å². The normalized spacial score (nSPS) is 13.7. The summed E-state index contributed by atoms with van der Waals surface area (Å²) in [5.41, 5.74) is 1.36. The second kappa shape index (κ2) is 7.66. The average molecular weight is 455 g/mol. The van der Waals surface area contributed by atoms with Crippen molar-refractivity contribution in [1.29, 1.82) is 0 Å². The first-order chi connectivity index (χ1) is 15.8. The maximum absolute atomic E-state index is 14.5. The molecule has 1 amide bonds. The molecule has 1 aliphatic rings. The minimum Gasteiger partial charge on any atom is -0.395 e. The number of amides is 1. The van der Waals surface area contributed by atoms with E-state index in [2.05, 4.69) is 19.9 Å². The number of hydrogen-bond acceptors (Lipinski definition) is 4. The number of nitrogens with zero attached hydrogens (tertiary/aromatic N) is 2. The Balaban J connectivity index is 1.50. The van der Waals surface area contributed by atoms with Crippen LogP contribution < -0.4 is 14.8 Å². The van der Waals surface area contributed by atoms with Crippen molar-refractivity contribution >= 4 is 11.7 Å². The van der Waals surface area contributed by atoms with Crippen LogP contribution in [0.4, 0.5) is 28.0 Å². The number of ether oxygens (including phenoxy) is 2. The Kier molecular flexibility index (Phi) is 4.77. The second-order valence-corrected chi connectivity index (χ2v) is 7.08. The van der Waals surface area contributed by atoms with Gasteiger partial charge in [0.2, 0.25) is 0 Å². The predicted molar refractivity (Wildman–Crippen MR) is 110 cm³/mol. The van der Waals surface area contributed by atoms with Crippen molar-refractivity contribution in [3.05, 3.63) is 84.6 Å². The molecular weight excluding hydrogens is 442 g/mol. The van der Waals surface area contributed by atoms with E-state index < -0.39 is 24.0 Å². The lowest BCUT2D eigenvalue weighted by Crippen LogP contribution is -2.25. The molecule has 10 heteroatoms. The lowest BCUT2D eigenvalue weighted by atomic mass is 10.0. The van der Waals surface area contributed by atoms with Crippen molar-refractivity contribution < 1.29 is 31.8 Å². The predicted octanol–water partition coefficient (Wildman–Crippen LogP) is 5.90. The molecule has 4 aromatic rings. The van der Waals surface area contributed by atoms with Gasteiger partial charge in [0.25, 0.3) is 0 Å². The molecule has 1 N–H and O–H groups in total. The molecule has 0 saturated heterocycles. The highest BCUT2D eigenvalue weighted by molar-refractivity contribution is 5.93. The average Bonchev–Trinajstić information content (AvgIpc) is 3.34. The van der Waals surface area contributed by atoms with Crippen molar-refractivity contribution in [1.82, 2.24) is 9.78 Å². The van der Waals surface area contributed by atoms with Crippen LogP contribution in [0.5, 0.6) is 11.5 Å². The lowest BCUT2D eigenvalue weighted by Gasteiger charge is -2.06. The maximum Gasteiger partial charge on any atom is 0.586 e. The Hall–Kier alpha value is -4.34. The van der Waals surface area contributed by atoms with Gasteiger partial charge in [-0.05, 0) is 42.0 Å². The van der Waals surface area contributed by atoms with Crippen molar-refractivity contribution in [3.63, 3.8) is 0 Å². The van der Waals surface area contributed by atoms with Crippen LogP contribution in [0, 0.1) is 11.6 Å². The molecule has 166 valence electrons. The molecule has 33 heavy (non-hydrogen) atoms. The summed E-state index contributed by atoms with van der Waals surface area (Å²) in [6, 6.07) is 14.3. The monoisotopic (exact) mass is 455 g/mol. The molecule has 6 nitrogen and oxygen atoms in total. The fraction of sp³-hybridized carbons (Fsp3) is 0.0435. The number of aromatic nitrogens is 2. The summed E-state index contributed by atoms with van der Waals surface area (Å²) in [4.78, 5) is 12.8. The number of carbonyl (C=O) groups excluding carboxylic acids is 1. The lowest BCUT2D eigenvalue weighted by molar-refractivity contribution is -0.286. The summed E-state index contributed by atoms with van der Waals surface area (Å²) in [5.74, 6) is -1.41. The van der Waals surface area contributed by atoms with Crippen LogP contribution in [-0.4, -0.2) is 22.1 Å².